The second-order valence-corrected chi connectivity index (χ2v) is 6.44. The molecule has 0 aromatic carbocycles. The van der Waals surface area contributed by atoms with Gasteiger partial charge in [0, 0.05) is 17.7 Å². The molecule has 0 aliphatic carbocycles. The highest BCUT2D eigenvalue weighted by Gasteiger charge is 2.48. The molecule has 0 radical (unpaired) electrons. The summed E-state index contributed by atoms with van der Waals surface area (Å²) in [4.78, 5) is 2.28. The largest absolute Gasteiger partial charge is 1.00 e. The topological polar surface area (TPSA) is 97.3 Å². The van der Waals surface area contributed by atoms with Crippen molar-refractivity contribution in [2.45, 2.75) is 49.5 Å². The molecule has 1 aromatic heterocycles. The van der Waals surface area contributed by atoms with E-state index in [0.29, 0.717) is 6.04 Å². The van der Waals surface area contributed by atoms with Gasteiger partial charge < -0.3 is 42.1 Å². The van der Waals surface area contributed by atoms with E-state index in [1.54, 1.807) is 10.8 Å². The van der Waals surface area contributed by atoms with Gasteiger partial charge in [-0.2, -0.15) is 4.57 Å². The maximum atomic E-state index is 10.2. The molecule has 3 rings (SSSR count). The summed E-state index contributed by atoms with van der Waals surface area (Å²) in [5, 5.41) is 39.3. The van der Waals surface area contributed by atoms with Crippen LogP contribution in [0.3, 0.4) is 0 Å². The average Bonchev–Trinajstić information content (AvgIpc) is 2.99. The first kappa shape index (κ1) is 22.9. The molecule has 0 spiro atoms. The molecular formula is C16H26Br2N2O5. The summed E-state index contributed by atoms with van der Waals surface area (Å²) >= 11 is 0. The third-order valence-electron chi connectivity index (χ3n) is 4.91. The van der Waals surface area contributed by atoms with Crippen molar-refractivity contribution >= 4 is 17.0 Å². The van der Waals surface area contributed by atoms with Gasteiger partial charge in [0.25, 0.3) is 6.23 Å². The lowest BCUT2D eigenvalue weighted by Crippen LogP contribution is -3.00. The van der Waals surface area contributed by atoms with Crippen molar-refractivity contribution in [1.82, 2.24) is 4.90 Å². The normalized spacial score (nSPS) is 35.7. The van der Waals surface area contributed by atoms with E-state index in [2.05, 4.69) is 11.9 Å². The van der Waals surface area contributed by atoms with Crippen LogP contribution in [0.4, 0.5) is 0 Å². The van der Waals surface area contributed by atoms with Gasteiger partial charge >= 0.3 is 0 Å². The summed E-state index contributed by atoms with van der Waals surface area (Å²) in [5.41, 5.74) is 1.12. The number of aliphatic hydroxyl groups is 4. The highest BCUT2D eigenvalue weighted by Crippen LogP contribution is 2.30. The van der Waals surface area contributed by atoms with Crippen molar-refractivity contribution in [3.05, 3.63) is 30.1 Å². The van der Waals surface area contributed by atoms with Crippen molar-refractivity contribution in [3.63, 3.8) is 0 Å². The number of hydrogen-bond acceptors (Lipinski definition) is 6. The SMILES string of the molecule is Br.CN1CCCC1c1ccc[n+](C2O[C@H](CO)[C@@H](O)[C@H](O)[C@H]2O)c1.[Br-]. The Morgan fingerprint density at radius 2 is 1.96 bits per heavy atom. The van der Waals surface area contributed by atoms with Crippen LogP contribution in [0.25, 0.3) is 0 Å². The Balaban J connectivity index is 0.00000156. The van der Waals surface area contributed by atoms with Gasteiger partial charge in [0.15, 0.2) is 18.5 Å². The predicted molar refractivity (Wildman–Crippen MR) is 90.6 cm³/mol. The Morgan fingerprint density at radius 1 is 1.24 bits per heavy atom. The van der Waals surface area contributed by atoms with Gasteiger partial charge in [0.2, 0.25) is 0 Å². The molecule has 7 nitrogen and oxygen atoms in total. The zero-order valence-corrected chi connectivity index (χ0v) is 17.3. The van der Waals surface area contributed by atoms with E-state index in [0.717, 1.165) is 24.9 Å². The molecule has 2 fully saturated rings. The van der Waals surface area contributed by atoms with Crippen LogP contribution in [0, 0.1) is 0 Å². The van der Waals surface area contributed by atoms with Crippen molar-refractivity contribution in [1.29, 1.82) is 0 Å². The van der Waals surface area contributed by atoms with E-state index in [1.807, 2.05) is 18.3 Å². The maximum absolute atomic E-state index is 10.2. The average molecular weight is 486 g/mol. The van der Waals surface area contributed by atoms with Crippen LogP contribution >= 0.6 is 17.0 Å². The van der Waals surface area contributed by atoms with Crippen LogP contribution in [0.5, 0.6) is 0 Å². The van der Waals surface area contributed by atoms with Gasteiger partial charge in [0.05, 0.1) is 6.61 Å². The zero-order chi connectivity index (χ0) is 16.6. The molecule has 4 N–H and O–H groups in total. The van der Waals surface area contributed by atoms with E-state index in [4.69, 9.17) is 4.74 Å². The minimum absolute atomic E-state index is 0. The summed E-state index contributed by atoms with van der Waals surface area (Å²) < 4.78 is 7.30. The van der Waals surface area contributed by atoms with Gasteiger partial charge in [-0.25, -0.2) is 0 Å². The number of ether oxygens (including phenoxy) is 1. The molecule has 144 valence electrons. The van der Waals surface area contributed by atoms with Crippen LogP contribution < -0.4 is 21.5 Å². The van der Waals surface area contributed by atoms with Gasteiger partial charge in [0.1, 0.15) is 18.3 Å². The van der Waals surface area contributed by atoms with E-state index < -0.39 is 37.3 Å². The maximum Gasteiger partial charge on any atom is 0.292 e. The minimum atomic E-state index is -1.36. The fourth-order valence-electron chi connectivity index (χ4n) is 3.53. The highest BCUT2D eigenvalue weighted by atomic mass is 79.9. The molecule has 3 heterocycles. The van der Waals surface area contributed by atoms with E-state index >= 15 is 0 Å². The Morgan fingerprint density at radius 3 is 2.56 bits per heavy atom. The van der Waals surface area contributed by atoms with Crippen molar-refractivity contribution in [2.24, 2.45) is 0 Å². The standard InChI is InChI=1S/C16H25N2O5.2BrH/c1-17-6-3-5-11(17)10-4-2-7-18(8-10)16-15(22)14(21)13(20)12(9-19)23-16;;/h2,4,7-8,11-16,19-22H,3,5-6,9H2,1H3;2*1H/q+1;;/p-1/t11?,12-,13-,14+,15-,16?;;/m1../s1. The monoisotopic (exact) mass is 484 g/mol. The Kier molecular flexibility index (Phi) is 8.89. The number of halogens is 2. The fraction of sp³-hybridized carbons (Fsp3) is 0.688. The first-order valence-corrected chi connectivity index (χ1v) is 8.04. The molecule has 2 aliphatic rings. The first-order chi connectivity index (χ1) is 11.0. The number of nitrogens with zero attached hydrogens (tertiary/aromatic N) is 2. The Labute approximate surface area is 168 Å². The third-order valence-corrected chi connectivity index (χ3v) is 4.91. The van der Waals surface area contributed by atoms with E-state index in [-0.39, 0.29) is 34.0 Å². The van der Waals surface area contributed by atoms with Crippen molar-refractivity contribution < 1.29 is 46.7 Å². The quantitative estimate of drug-likeness (QED) is 0.329. The molecule has 2 saturated heterocycles. The molecule has 2 unspecified atom stereocenters. The molecule has 9 heteroatoms. The molecule has 1 aromatic rings. The number of likely N-dealkylation sites (tertiary alicyclic amines) is 1. The zero-order valence-electron chi connectivity index (χ0n) is 14.0. The lowest BCUT2D eigenvalue weighted by molar-refractivity contribution is -0.778. The van der Waals surface area contributed by atoms with Crippen molar-refractivity contribution in [3.8, 4) is 0 Å². The van der Waals surface area contributed by atoms with Crippen LogP contribution in [0.15, 0.2) is 24.5 Å². The molecule has 6 atom stereocenters. The van der Waals surface area contributed by atoms with Crippen molar-refractivity contribution in [2.75, 3.05) is 20.2 Å². The Bertz CT molecular complexity index is 551. The number of rotatable bonds is 3. The van der Waals surface area contributed by atoms with Crippen LogP contribution in [-0.2, 0) is 4.74 Å². The fourth-order valence-corrected chi connectivity index (χ4v) is 3.53. The number of aliphatic hydroxyl groups excluding tert-OH is 4. The van der Waals surface area contributed by atoms with E-state index in [1.165, 1.54) is 0 Å². The first-order valence-electron chi connectivity index (χ1n) is 8.04. The van der Waals surface area contributed by atoms with Crippen LogP contribution in [0.1, 0.15) is 30.7 Å². The molecular weight excluding hydrogens is 460 g/mol. The van der Waals surface area contributed by atoms with Crippen LogP contribution in [-0.4, -0.2) is 69.9 Å². The predicted octanol–water partition coefficient (Wildman–Crippen LogP) is -3.70. The highest BCUT2D eigenvalue weighted by molar-refractivity contribution is 8.93. The summed E-state index contributed by atoms with van der Waals surface area (Å²) in [5.74, 6) is 0. The minimum Gasteiger partial charge on any atom is -1.00 e. The molecule has 0 bridgehead atoms. The third kappa shape index (κ3) is 4.59. The lowest BCUT2D eigenvalue weighted by atomic mass is 9.98. The molecule has 25 heavy (non-hydrogen) atoms. The number of aromatic nitrogens is 1. The van der Waals surface area contributed by atoms with E-state index in [9.17, 15) is 20.4 Å². The Hall–Kier alpha value is -0.130. The molecule has 0 amide bonds. The molecule has 2 aliphatic heterocycles. The molecule has 0 saturated carbocycles. The van der Waals surface area contributed by atoms with Gasteiger partial charge in [-0.1, -0.05) is 0 Å². The summed E-state index contributed by atoms with van der Waals surface area (Å²) in [6, 6.07) is 4.24. The second-order valence-electron chi connectivity index (χ2n) is 6.44. The van der Waals surface area contributed by atoms with Gasteiger partial charge in [-0.3, -0.25) is 4.90 Å². The second kappa shape index (κ2) is 9.70. The summed E-state index contributed by atoms with van der Waals surface area (Å²) in [6.45, 7) is 0.632. The summed E-state index contributed by atoms with van der Waals surface area (Å²) in [6.07, 6.45) is 0.165. The number of hydrogen-bond donors (Lipinski definition) is 4. The number of pyridine rings is 1. The summed E-state index contributed by atoms with van der Waals surface area (Å²) in [7, 11) is 2.09. The smallest absolute Gasteiger partial charge is 0.292 e. The lowest BCUT2D eigenvalue weighted by Gasteiger charge is -2.36. The van der Waals surface area contributed by atoms with Gasteiger partial charge in [-0.15, -0.1) is 17.0 Å². The van der Waals surface area contributed by atoms with Gasteiger partial charge in [-0.05, 0) is 32.5 Å². The van der Waals surface area contributed by atoms with Crippen LogP contribution in [0.2, 0.25) is 0 Å².